The number of piperazine rings is 1. The summed E-state index contributed by atoms with van der Waals surface area (Å²) >= 11 is 6.60. The molecule has 1 saturated heterocycles. The Morgan fingerprint density at radius 2 is 1.52 bits per heavy atom. The molecule has 3 aromatic heterocycles. The maximum atomic E-state index is 14.6. The molecule has 420 valence electrons. The van der Waals surface area contributed by atoms with Crippen molar-refractivity contribution in [2.45, 2.75) is 84.8 Å². The zero-order valence-corrected chi connectivity index (χ0v) is 46.3. The number of fused-ring (bicyclic) bond motifs is 5. The number of methoxy groups -OCH3 is 1. The number of anilines is 3. The fraction of sp³-hybridized carbons (Fsp3) is 0.429. The number of hydrogen-bond donors (Lipinski definition) is 8. The predicted octanol–water partition coefficient (Wildman–Crippen LogP) is 6.33. The average Bonchev–Trinajstić information content (AvgIpc) is 4.30. The minimum absolute atomic E-state index is 0.0177. The minimum Gasteiger partial charge on any atom is -0.465 e. The molecule has 3 aromatic carbocycles. The average molecular weight is 1110 g/mol. The summed E-state index contributed by atoms with van der Waals surface area (Å²) in [5, 5.41) is 15.5. The highest BCUT2D eigenvalue weighted by Crippen LogP contribution is 2.48. The van der Waals surface area contributed by atoms with Crippen molar-refractivity contribution in [3.8, 4) is 5.75 Å². The molecule has 0 unspecified atom stereocenters. The summed E-state index contributed by atoms with van der Waals surface area (Å²) in [7, 11) is 3.25. The van der Waals surface area contributed by atoms with Gasteiger partial charge in [-0.2, -0.15) is 0 Å². The molecule has 8 rings (SSSR count). The number of furan rings is 1. The standard InChI is InChI=1S/C56H68ClN11O11/c1-28(2)20-37(62-44(69)14-15-58)51(71)60-31(6)50(70)65-38(21-29(3)4)53(73)64-36-11-9-10-32-23-39(63-48(32)36)52(72)61-35-12-13-41-33(22-35)24-43(78-41)54(74)68-27-34(26-57)46-40(68)25-42(79-56(76)67-18-16-66(7)17-19-67)49-47(46)45(30(5)59-49)55(75)77-8/h9-13,22-25,28-29,31,34,37-38,59,63H,14-21,26-27,58H2,1-8H3,(H,60,71)(H,61,72)(H,62,69)(H,64,73)(H,65,70)/t31-,34+,37-,38-/m0/s1. The number of esters is 1. The normalized spacial score (nSPS) is 15.7. The number of halogens is 1. The van der Waals surface area contributed by atoms with Crippen LogP contribution in [-0.2, 0) is 23.9 Å². The number of rotatable bonds is 19. The van der Waals surface area contributed by atoms with Gasteiger partial charge in [-0.1, -0.05) is 39.8 Å². The molecular weight excluding hydrogens is 1040 g/mol. The van der Waals surface area contributed by atoms with Crippen molar-refractivity contribution in [3.63, 3.8) is 0 Å². The number of aromatic amines is 2. The Kier molecular flexibility index (Phi) is 17.7. The first-order valence-corrected chi connectivity index (χ1v) is 26.9. The van der Waals surface area contributed by atoms with Gasteiger partial charge >= 0.3 is 12.1 Å². The van der Waals surface area contributed by atoms with E-state index < -0.39 is 65.6 Å². The predicted molar refractivity (Wildman–Crippen MR) is 300 cm³/mol. The van der Waals surface area contributed by atoms with Crippen LogP contribution < -0.4 is 42.0 Å². The second-order valence-electron chi connectivity index (χ2n) is 21.1. The van der Waals surface area contributed by atoms with Crippen molar-refractivity contribution in [1.82, 2.24) is 35.7 Å². The number of aryl methyl sites for hydroxylation is 1. The third-order valence-electron chi connectivity index (χ3n) is 14.1. The minimum atomic E-state index is -1.05. The summed E-state index contributed by atoms with van der Waals surface area (Å²) in [4.78, 5) is 120. The van der Waals surface area contributed by atoms with Gasteiger partial charge in [0.15, 0.2) is 11.5 Å². The molecule has 0 spiro atoms. The van der Waals surface area contributed by atoms with Crippen LogP contribution in [0.1, 0.15) is 102 Å². The molecule has 2 aliphatic heterocycles. The highest BCUT2D eigenvalue weighted by Gasteiger charge is 2.40. The second-order valence-corrected chi connectivity index (χ2v) is 21.4. The number of H-pyrrole nitrogens is 2. The van der Waals surface area contributed by atoms with Gasteiger partial charge in [-0.15, -0.1) is 11.6 Å². The summed E-state index contributed by atoms with van der Waals surface area (Å²) in [6, 6.07) is 11.9. The number of benzene rings is 3. The fourth-order valence-corrected chi connectivity index (χ4v) is 10.3. The number of hydrogen-bond acceptors (Lipinski definition) is 13. The molecule has 5 heterocycles. The Morgan fingerprint density at radius 1 is 0.810 bits per heavy atom. The van der Waals surface area contributed by atoms with E-state index in [1.54, 1.807) is 66.4 Å². The molecule has 22 nitrogen and oxygen atoms in total. The number of para-hydroxylation sites is 1. The number of nitrogens with one attached hydrogen (secondary N) is 7. The van der Waals surface area contributed by atoms with Crippen LogP contribution in [0.25, 0.3) is 32.8 Å². The van der Waals surface area contributed by atoms with Gasteiger partial charge in [-0.3, -0.25) is 28.8 Å². The van der Waals surface area contributed by atoms with E-state index >= 15 is 0 Å². The maximum absolute atomic E-state index is 14.6. The molecule has 0 bridgehead atoms. The summed E-state index contributed by atoms with van der Waals surface area (Å²) < 4.78 is 17.4. The van der Waals surface area contributed by atoms with Crippen molar-refractivity contribution >= 4 is 109 Å². The molecule has 1 fully saturated rings. The van der Waals surface area contributed by atoms with Crippen LogP contribution in [0, 0.1) is 18.8 Å². The van der Waals surface area contributed by atoms with Crippen LogP contribution >= 0.6 is 11.6 Å². The number of likely N-dealkylation sites (N-methyl/N-ethyl adjacent to an activating group) is 1. The second kappa shape index (κ2) is 24.4. The first-order chi connectivity index (χ1) is 37.7. The van der Waals surface area contributed by atoms with E-state index in [-0.39, 0.29) is 72.3 Å². The highest BCUT2D eigenvalue weighted by atomic mass is 35.5. The van der Waals surface area contributed by atoms with Crippen LogP contribution in [0.2, 0.25) is 0 Å². The summed E-state index contributed by atoms with van der Waals surface area (Å²) in [5.74, 6) is -3.87. The van der Waals surface area contributed by atoms with E-state index in [2.05, 4.69) is 41.5 Å². The molecule has 79 heavy (non-hydrogen) atoms. The molecule has 4 atom stereocenters. The SMILES string of the molecule is COC(=O)c1c(C)[nH]c2c(OC(=O)N3CCN(C)CC3)cc3c(c12)[C@H](CCl)CN3C(=O)c1cc2cc(NC(=O)c3cc4cccc(NC(=O)[C@H](CC(C)C)NC(=O)[C@H](C)NC(=O)[C@H](CC(C)C)NC(=O)CCN)c4[nH]3)ccc2o1. The van der Waals surface area contributed by atoms with Crippen molar-refractivity contribution < 1.29 is 52.2 Å². The molecule has 6 aromatic rings. The van der Waals surface area contributed by atoms with Crippen LogP contribution in [-0.4, -0.2) is 145 Å². The molecule has 7 amide bonds. The summed E-state index contributed by atoms with van der Waals surface area (Å²) in [6.07, 6.45) is 0.0801. The van der Waals surface area contributed by atoms with Crippen molar-refractivity contribution in [1.29, 1.82) is 0 Å². The van der Waals surface area contributed by atoms with Gasteiger partial charge in [-0.25, -0.2) is 9.59 Å². The number of alkyl halides is 1. The number of nitrogens with zero attached hydrogens (tertiary/aromatic N) is 3. The lowest BCUT2D eigenvalue weighted by atomic mass is 9.95. The summed E-state index contributed by atoms with van der Waals surface area (Å²) in [6.45, 7) is 13.3. The number of ether oxygens (including phenoxy) is 2. The van der Waals surface area contributed by atoms with Crippen LogP contribution in [0.5, 0.6) is 5.75 Å². The van der Waals surface area contributed by atoms with E-state index in [4.69, 9.17) is 31.2 Å². The zero-order chi connectivity index (χ0) is 57.0. The van der Waals surface area contributed by atoms with Crippen molar-refractivity contribution in [3.05, 3.63) is 82.9 Å². The zero-order valence-electron chi connectivity index (χ0n) is 45.5. The van der Waals surface area contributed by atoms with E-state index in [0.717, 1.165) is 0 Å². The lowest BCUT2D eigenvalue weighted by Crippen LogP contribution is -2.55. The lowest BCUT2D eigenvalue weighted by Gasteiger charge is -2.31. The highest BCUT2D eigenvalue weighted by molar-refractivity contribution is 6.20. The van der Waals surface area contributed by atoms with E-state index in [0.29, 0.717) is 93.7 Å². The Hall–Kier alpha value is -7.95. The fourth-order valence-electron chi connectivity index (χ4n) is 10.1. The number of amides is 7. The van der Waals surface area contributed by atoms with Crippen LogP contribution in [0.15, 0.2) is 59.0 Å². The first-order valence-electron chi connectivity index (χ1n) is 26.4. The molecule has 23 heteroatoms. The van der Waals surface area contributed by atoms with Crippen molar-refractivity contribution in [2.24, 2.45) is 17.6 Å². The monoisotopic (exact) mass is 1110 g/mol. The summed E-state index contributed by atoms with van der Waals surface area (Å²) in [5.41, 5.74) is 9.34. The van der Waals surface area contributed by atoms with Gasteiger partial charge in [0.1, 0.15) is 29.4 Å². The van der Waals surface area contributed by atoms with Gasteiger partial charge in [0.2, 0.25) is 23.6 Å². The van der Waals surface area contributed by atoms with Crippen LogP contribution in [0.3, 0.4) is 0 Å². The Bertz CT molecular complexity index is 3340. The number of nitrogens with two attached hydrogens (primary N) is 1. The van der Waals surface area contributed by atoms with Gasteiger partial charge in [0, 0.05) is 91.1 Å². The van der Waals surface area contributed by atoms with E-state index in [9.17, 15) is 38.4 Å². The molecular formula is C56H68ClN11O11. The topological polar surface area (TPSA) is 296 Å². The van der Waals surface area contributed by atoms with Gasteiger partial charge in [-0.05, 0) is 87.5 Å². The molecule has 0 radical (unpaired) electrons. The van der Waals surface area contributed by atoms with Gasteiger partial charge in [0.05, 0.1) is 35.1 Å². The van der Waals surface area contributed by atoms with E-state index in [1.807, 2.05) is 34.7 Å². The van der Waals surface area contributed by atoms with Gasteiger partial charge < -0.3 is 70.9 Å². The molecule has 0 saturated carbocycles. The lowest BCUT2D eigenvalue weighted by molar-refractivity contribution is -0.133. The number of carbonyl (C=O) groups excluding carboxylic acids is 8. The quantitative estimate of drug-likeness (QED) is 0.0326. The molecule has 9 N–H and O–H groups in total. The largest absolute Gasteiger partial charge is 0.465 e. The Labute approximate surface area is 461 Å². The Balaban J connectivity index is 0.976. The number of aromatic nitrogens is 2. The molecule has 2 aliphatic rings. The van der Waals surface area contributed by atoms with Crippen molar-refractivity contribution in [2.75, 3.05) is 74.8 Å². The third-order valence-corrected chi connectivity index (χ3v) is 14.5. The Morgan fingerprint density at radius 3 is 2.19 bits per heavy atom. The number of carbonyl (C=O) groups is 8. The van der Waals surface area contributed by atoms with Gasteiger partial charge in [0.25, 0.3) is 11.8 Å². The third kappa shape index (κ3) is 12.7. The molecule has 0 aliphatic carbocycles. The van der Waals surface area contributed by atoms with Crippen LogP contribution in [0.4, 0.5) is 21.9 Å². The first kappa shape index (κ1) is 57.2. The maximum Gasteiger partial charge on any atom is 0.415 e. The smallest absolute Gasteiger partial charge is 0.415 e. The van der Waals surface area contributed by atoms with E-state index in [1.165, 1.54) is 18.9 Å².